The molecule has 15 heteroatoms. The number of ether oxygens (including phenoxy) is 4. The molecule has 4 rings (SSSR count). The van der Waals surface area contributed by atoms with E-state index in [9.17, 15) is 18.8 Å². The Kier molecular flexibility index (Phi) is 14.0. The standard InChI is InChI=1S/C39H52Cl2FN5O7/c1-10-38(7,53-36(49)23(4)39(8,11-2)54-37(50)25(6)51-9)22(3)35(48)46-16-14-28(15-17-46)47-21-27(20-45-47)26-18-31(34(43)44-19-26)52-24(5)32-29(40)12-13-30(42)33(32)41/h12-13,18-25,28H,10-11,14-17H2,1-9H3,(H2,43,44)/t22?,23?,24-,25?,38?,39?/m1/s1. The van der Waals surface area contributed by atoms with Crippen LogP contribution in [-0.2, 0) is 28.6 Å². The molecule has 1 aliphatic rings. The number of halogens is 3. The second-order valence-corrected chi connectivity index (χ2v) is 15.2. The Labute approximate surface area is 326 Å². The third kappa shape index (κ3) is 9.29. The first-order valence-electron chi connectivity index (χ1n) is 18.3. The highest BCUT2D eigenvalue weighted by molar-refractivity contribution is 6.36. The van der Waals surface area contributed by atoms with E-state index in [1.54, 1.807) is 60.0 Å². The molecule has 2 N–H and O–H groups in total. The van der Waals surface area contributed by atoms with Crippen molar-refractivity contribution in [2.24, 2.45) is 11.8 Å². The predicted molar refractivity (Wildman–Crippen MR) is 205 cm³/mol. The summed E-state index contributed by atoms with van der Waals surface area (Å²) < 4.78 is 39.0. The van der Waals surface area contributed by atoms with Gasteiger partial charge in [0.15, 0.2) is 17.7 Å². The monoisotopic (exact) mass is 791 g/mol. The van der Waals surface area contributed by atoms with Gasteiger partial charge in [-0.1, -0.05) is 37.0 Å². The Balaban J connectivity index is 1.39. The number of nitrogens with zero attached hydrogens (tertiary/aromatic N) is 4. The highest BCUT2D eigenvalue weighted by Crippen LogP contribution is 2.38. The number of hydrogen-bond donors (Lipinski definition) is 1. The SMILES string of the molecule is CCC(C)(OC(=O)C(C)OC)C(C)C(=O)OC(C)(CC)C(C)C(=O)N1CCC(n2cc(-c3cnc(N)c(O[C@H](C)c4c(Cl)ccc(F)c4Cl)c3)cn2)CC1. The maximum absolute atomic E-state index is 14.2. The van der Waals surface area contributed by atoms with Crippen LogP contribution in [0.4, 0.5) is 10.2 Å². The molecule has 0 saturated carbocycles. The zero-order valence-corrected chi connectivity index (χ0v) is 34.0. The maximum atomic E-state index is 14.2. The summed E-state index contributed by atoms with van der Waals surface area (Å²) in [5.41, 5.74) is 5.72. The number of hydrogen-bond acceptors (Lipinski definition) is 10. The number of methoxy groups -OCH3 is 1. The van der Waals surface area contributed by atoms with Crippen LogP contribution in [0.5, 0.6) is 5.75 Å². The molecule has 0 aliphatic carbocycles. The largest absolute Gasteiger partial charge is 0.482 e. The van der Waals surface area contributed by atoms with Crippen molar-refractivity contribution >= 4 is 46.9 Å². The predicted octanol–water partition coefficient (Wildman–Crippen LogP) is 8.01. The highest BCUT2D eigenvalue weighted by Gasteiger charge is 2.45. The van der Waals surface area contributed by atoms with Crippen LogP contribution in [0.15, 0.2) is 36.8 Å². The number of anilines is 1. The van der Waals surface area contributed by atoms with Crippen molar-refractivity contribution in [2.75, 3.05) is 25.9 Å². The lowest BCUT2D eigenvalue weighted by molar-refractivity contribution is -0.190. The Hall–Kier alpha value is -3.94. The van der Waals surface area contributed by atoms with Gasteiger partial charge in [0, 0.05) is 54.3 Å². The molecule has 1 saturated heterocycles. The van der Waals surface area contributed by atoms with Crippen molar-refractivity contribution in [3.05, 3.63) is 58.2 Å². The van der Waals surface area contributed by atoms with Crippen LogP contribution in [0.1, 0.15) is 98.8 Å². The van der Waals surface area contributed by atoms with Gasteiger partial charge in [0.05, 0.1) is 29.1 Å². The summed E-state index contributed by atoms with van der Waals surface area (Å²) in [6.45, 7) is 14.9. The fourth-order valence-corrected chi connectivity index (χ4v) is 7.03. The summed E-state index contributed by atoms with van der Waals surface area (Å²) in [5, 5.41) is 4.76. The fraction of sp³-hybridized carbons (Fsp3) is 0.564. The third-order valence-electron chi connectivity index (χ3n) is 11.1. The summed E-state index contributed by atoms with van der Waals surface area (Å²) in [4.78, 5) is 46.0. The normalized spacial score (nSPS) is 18.1. The van der Waals surface area contributed by atoms with Gasteiger partial charge in [-0.2, -0.15) is 5.10 Å². The van der Waals surface area contributed by atoms with E-state index in [0.29, 0.717) is 49.9 Å². The lowest BCUT2D eigenvalue weighted by Gasteiger charge is -2.41. The molecule has 1 aromatic carbocycles. The van der Waals surface area contributed by atoms with Gasteiger partial charge in [0.2, 0.25) is 5.91 Å². The van der Waals surface area contributed by atoms with Gasteiger partial charge in [-0.05, 0) is 85.4 Å². The highest BCUT2D eigenvalue weighted by atomic mass is 35.5. The third-order valence-corrected chi connectivity index (χ3v) is 11.8. The summed E-state index contributed by atoms with van der Waals surface area (Å²) in [5.74, 6) is -2.80. The average molecular weight is 793 g/mol. The Morgan fingerprint density at radius 1 is 0.963 bits per heavy atom. The molecule has 54 heavy (non-hydrogen) atoms. The Morgan fingerprint density at radius 2 is 1.57 bits per heavy atom. The Morgan fingerprint density at radius 3 is 2.19 bits per heavy atom. The van der Waals surface area contributed by atoms with Crippen molar-refractivity contribution in [1.29, 1.82) is 0 Å². The molecule has 0 bridgehead atoms. The van der Waals surface area contributed by atoms with Crippen LogP contribution in [0.2, 0.25) is 10.0 Å². The summed E-state index contributed by atoms with van der Waals surface area (Å²) in [6.07, 6.45) is 5.88. The van der Waals surface area contributed by atoms with E-state index in [1.807, 2.05) is 29.6 Å². The number of amides is 1. The molecule has 1 aliphatic heterocycles. The minimum absolute atomic E-state index is 0.0411. The number of carbonyl (C=O) groups is 3. The van der Waals surface area contributed by atoms with Crippen LogP contribution in [0, 0.1) is 17.7 Å². The van der Waals surface area contributed by atoms with Crippen LogP contribution in [-0.4, -0.2) is 75.0 Å². The number of nitrogens with two attached hydrogens (primary N) is 1. The van der Waals surface area contributed by atoms with Crippen molar-refractivity contribution in [3.8, 4) is 16.9 Å². The summed E-state index contributed by atoms with van der Waals surface area (Å²) in [7, 11) is 1.41. The summed E-state index contributed by atoms with van der Waals surface area (Å²) in [6, 6.07) is 4.39. The van der Waals surface area contributed by atoms with Crippen LogP contribution >= 0.6 is 23.2 Å². The van der Waals surface area contributed by atoms with E-state index in [0.717, 1.165) is 5.56 Å². The number of carbonyl (C=O) groups excluding carboxylic acids is 3. The lowest BCUT2D eigenvalue weighted by Crippen LogP contribution is -2.52. The molecule has 1 amide bonds. The average Bonchev–Trinajstić information content (AvgIpc) is 3.66. The molecule has 3 heterocycles. The first-order valence-corrected chi connectivity index (χ1v) is 19.0. The van der Waals surface area contributed by atoms with Crippen molar-refractivity contribution in [1.82, 2.24) is 19.7 Å². The molecular weight excluding hydrogens is 740 g/mol. The molecule has 1 fully saturated rings. The smallest absolute Gasteiger partial charge is 0.335 e. The first kappa shape index (κ1) is 42.8. The van der Waals surface area contributed by atoms with Crippen molar-refractivity contribution in [2.45, 2.75) is 111 Å². The van der Waals surface area contributed by atoms with Crippen LogP contribution in [0.25, 0.3) is 11.1 Å². The topological polar surface area (TPSA) is 148 Å². The quantitative estimate of drug-likeness (QED) is 0.119. The number of nitrogen functional groups attached to an aromatic ring is 1. The number of pyridine rings is 1. The van der Waals surface area contributed by atoms with E-state index in [-0.39, 0.29) is 33.6 Å². The number of esters is 2. The van der Waals surface area contributed by atoms with Gasteiger partial charge in [0.1, 0.15) is 23.1 Å². The number of benzene rings is 1. The van der Waals surface area contributed by atoms with Gasteiger partial charge in [-0.25, -0.2) is 14.2 Å². The molecule has 12 nitrogen and oxygen atoms in total. The Bertz CT molecular complexity index is 1820. The minimum atomic E-state index is -1.12. The van der Waals surface area contributed by atoms with Crippen molar-refractivity contribution in [3.63, 3.8) is 0 Å². The van der Waals surface area contributed by atoms with E-state index in [2.05, 4.69) is 10.1 Å². The molecule has 3 aromatic rings. The molecule has 6 atom stereocenters. The van der Waals surface area contributed by atoms with Crippen LogP contribution in [0.3, 0.4) is 0 Å². The molecule has 296 valence electrons. The number of aromatic nitrogens is 3. The van der Waals surface area contributed by atoms with Crippen molar-refractivity contribution < 1.29 is 37.7 Å². The molecule has 0 radical (unpaired) electrons. The summed E-state index contributed by atoms with van der Waals surface area (Å²) >= 11 is 12.5. The fourth-order valence-electron chi connectivity index (χ4n) is 6.35. The molecule has 5 unspecified atom stereocenters. The number of rotatable bonds is 15. The van der Waals surface area contributed by atoms with Gasteiger partial charge >= 0.3 is 11.9 Å². The lowest BCUT2D eigenvalue weighted by atomic mass is 9.84. The van der Waals surface area contributed by atoms with E-state index < -0.39 is 53.0 Å². The van der Waals surface area contributed by atoms with Gasteiger partial charge in [-0.15, -0.1) is 0 Å². The second kappa shape index (κ2) is 17.7. The van der Waals surface area contributed by atoms with Gasteiger partial charge in [-0.3, -0.25) is 14.3 Å². The minimum Gasteiger partial charge on any atom is -0.482 e. The van der Waals surface area contributed by atoms with Crippen LogP contribution < -0.4 is 10.5 Å². The molecular formula is C39H52Cl2FN5O7. The van der Waals surface area contributed by atoms with Gasteiger partial charge in [0.25, 0.3) is 0 Å². The van der Waals surface area contributed by atoms with E-state index in [4.69, 9.17) is 47.9 Å². The zero-order chi connectivity index (χ0) is 40.1. The molecule has 2 aromatic heterocycles. The second-order valence-electron chi connectivity index (χ2n) is 14.4. The first-order chi connectivity index (χ1) is 25.4. The number of likely N-dealkylation sites (tertiary alicyclic amines) is 1. The maximum Gasteiger partial charge on any atom is 0.335 e. The van der Waals surface area contributed by atoms with E-state index in [1.165, 1.54) is 19.2 Å². The van der Waals surface area contributed by atoms with Gasteiger partial charge < -0.3 is 29.6 Å². The molecule has 0 spiro atoms. The van der Waals surface area contributed by atoms with E-state index >= 15 is 0 Å². The zero-order valence-electron chi connectivity index (χ0n) is 32.5. The number of piperidine rings is 1.